The third-order valence-electron chi connectivity index (χ3n) is 5.39. The predicted octanol–water partition coefficient (Wildman–Crippen LogP) is 5.66. The monoisotopic (exact) mass is 481 g/mol. The number of ether oxygens (including phenoxy) is 2. The van der Waals surface area contributed by atoms with Gasteiger partial charge in [0.05, 0.1) is 35.6 Å². The Morgan fingerprint density at radius 1 is 1.15 bits per heavy atom. The van der Waals surface area contributed by atoms with Gasteiger partial charge in [0.15, 0.2) is 0 Å². The van der Waals surface area contributed by atoms with Crippen molar-refractivity contribution in [1.82, 2.24) is 0 Å². The van der Waals surface area contributed by atoms with E-state index in [1.165, 1.54) is 18.3 Å². The van der Waals surface area contributed by atoms with Crippen molar-refractivity contribution in [2.75, 3.05) is 12.0 Å². The first-order valence-electron chi connectivity index (χ1n) is 10.7. The Balaban J connectivity index is 1.89. The van der Waals surface area contributed by atoms with Gasteiger partial charge in [-0.25, -0.2) is 0 Å². The number of benzene rings is 2. The van der Waals surface area contributed by atoms with Crippen LogP contribution in [0.15, 0.2) is 64.8 Å². The molecule has 7 nitrogen and oxygen atoms in total. The highest BCUT2D eigenvalue weighted by atomic mass is 35.5. The summed E-state index contributed by atoms with van der Waals surface area (Å²) in [7, 11) is 1.41. The number of nitrogens with zero attached hydrogens (tertiary/aromatic N) is 1. The van der Waals surface area contributed by atoms with E-state index >= 15 is 0 Å². The van der Waals surface area contributed by atoms with E-state index in [1.54, 1.807) is 55.5 Å². The van der Waals surface area contributed by atoms with E-state index in [4.69, 9.17) is 25.5 Å². The Morgan fingerprint density at radius 2 is 1.85 bits per heavy atom. The molecule has 0 spiro atoms. The molecule has 1 aliphatic heterocycles. The van der Waals surface area contributed by atoms with Crippen LogP contribution >= 0.6 is 11.6 Å². The van der Waals surface area contributed by atoms with Gasteiger partial charge in [-0.05, 0) is 74.9 Å². The van der Waals surface area contributed by atoms with Crippen LogP contribution in [0.2, 0.25) is 5.02 Å². The number of carbonyl (C=O) groups is 2. The van der Waals surface area contributed by atoms with Crippen LogP contribution in [0.3, 0.4) is 0 Å². The molecule has 176 valence electrons. The van der Waals surface area contributed by atoms with Crippen molar-refractivity contribution in [3.8, 4) is 11.5 Å². The molecule has 0 saturated carbocycles. The molecule has 34 heavy (non-hydrogen) atoms. The van der Waals surface area contributed by atoms with E-state index in [9.17, 15) is 14.7 Å². The molecule has 1 aliphatic rings. The van der Waals surface area contributed by atoms with Crippen molar-refractivity contribution in [2.24, 2.45) is 0 Å². The second kappa shape index (κ2) is 9.27. The molecule has 2 aromatic carbocycles. The summed E-state index contributed by atoms with van der Waals surface area (Å²) in [4.78, 5) is 27.8. The maximum atomic E-state index is 13.2. The Hall–Kier alpha value is -3.71. The van der Waals surface area contributed by atoms with Gasteiger partial charge >= 0.3 is 0 Å². The van der Waals surface area contributed by atoms with Crippen molar-refractivity contribution >= 4 is 34.7 Å². The lowest BCUT2D eigenvalue weighted by molar-refractivity contribution is -0.132. The third kappa shape index (κ3) is 4.15. The first-order chi connectivity index (χ1) is 16.2. The quantitative estimate of drug-likeness (QED) is 0.277. The molecule has 1 N–H and O–H groups in total. The number of amides is 1. The van der Waals surface area contributed by atoms with Crippen LogP contribution in [0.5, 0.6) is 11.5 Å². The van der Waals surface area contributed by atoms with Gasteiger partial charge in [0.25, 0.3) is 11.7 Å². The Labute approximate surface area is 202 Å². The summed E-state index contributed by atoms with van der Waals surface area (Å²) in [5.41, 5.74) is 1.29. The van der Waals surface area contributed by atoms with Crippen LogP contribution in [-0.2, 0) is 9.59 Å². The second-order valence-corrected chi connectivity index (χ2v) is 8.58. The number of furan rings is 1. The van der Waals surface area contributed by atoms with Crippen molar-refractivity contribution in [2.45, 2.75) is 32.9 Å². The summed E-state index contributed by atoms with van der Waals surface area (Å²) in [5, 5.41) is 11.6. The molecule has 8 heteroatoms. The SMILES string of the molecule is COc1c(Cl)cc(C)cc1/C(O)=C1/C(=O)C(=O)N(c2ccc(OC(C)C)cc2)C1c1ccco1. The van der Waals surface area contributed by atoms with Crippen LogP contribution in [0, 0.1) is 6.92 Å². The molecule has 0 radical (unpaired) electrons. The minimum absolute atomic E-state index is 0.0145. The van der Waals surface area contributed by atoms with Gasteiger partial charge in [-0.15, -0.1) is 0 Å². The Morgan fingerprint density at radius 3 is 2.44 bits per heavy atom. The summed E-state index contributed by atoms with van der Waals surface area (Å²) in [6.07, 6.45) is 1.43. The van der Waals surface area contributed by atoms with Gasteiger partial charge in [0.1, 0.15) is 29.1 Å². The first-order valence-corrected chi connectivity index (χ1v) is 11.1. The van der Waals surface area contributed by atoms with E-state index in [-0.39, 0.29) is 28.0 Å². The highest BCUT2D eigenvalue weighted by Gasteiger charge is 2.48. The zero-order chi connectivity index (χ0) is 24.6. The first kappa shape index (κ1) is 23.4. The van der Waals surface area contributed by atoms with Crippen LogP contribution in [0.4, 0.5) is 5.69 Å². The predicted molar refractivity (Wildman–Crippen MR) is 128 cm³/mol. The zero-order valence-corrected chi connectivity index (χ0v) is 19.9. The average Bonchev–Trinajstić information content (AvgIpc) is 3.40. The minimum atomic E-state index is -0.990. The van der Waals surface area contributed by atoms with Crippen molar-refractivity contribution in [3.63, 3.8) is 0 Å². The fourth-order valence-electron chi connectivity index (χ4n) is 4.03. The Kier molecular flexibility index (Phi) is 6.39. The number of ketones is 1. The number of rotatable bonds is 6. The van der Waals surface area contributed by atoms with Gasteiger partial charge in [-0.1, -0.05) is 11.6 Å². The Bertz CT molecular complexity index is 1260. The number of aryl methyl sites for hydroxylation is 1. The largest absolute Gasteiger partial charge is 0.507 e. The lowest BCUT2D eigenvalue weighted by atomic mass is 9.97. The van der Waals surface area contributed by atoms with Crippen LogP contribution < -0.4 is 14.4 Å². The van der Waals surface area contributed by atoms with Crippen LogP contribution in [0.1, 0.15) is 36.8 Å². The number of halogens is 1. The van der Waals surface area contributed by atoms with Crippen molar-refractivity contribution < 1.29 is 28.6 Å². The highest BCUT2D eigenvalue weighted by Crippen LogP contribution is 2.44. The van der Waals surface area contributed by atoms with Gasteiger partial charge in [-0.2, -0.15) is 0 Å². The number of carbonyl (C=O) groups excluding carboxylic acids is 2. The molecule has 3 aromatic rings. The number of aliphatic hydroxyl groups is 1. The number of methoxy groups -OCH3 is 1. The summed E-state index contributed by atoms with van der Waals surface area (Å²) in [6.45, 7) is 5.62. The summed E-state index contributed by atoms with van der Waals surface area (Å²) < 4.78 is 16.7. The third-order valence-corrected chi connectivity index (χ3v) is 5.67. The molecule has 1 saturated heterocycles. The molecular weight excluding hydrogens is 458 g/mol. The highest BCUT2D eigenvalue weighted by molar-refractivity contribution is 6.51. The minimum Gasteiger partial charge on any atom is -0.507 e. The van der Waals surface area contributed by atoms with E-state index in [1.807, 2.05) is 13.8 Å². The standard InChI is InChI=1S/C26H24ClNO6/c1-14(2)34-17-9-7-16(8-10-17)28-22(20-6-5-11-33-20)21(24(30)26(28)31)23(29)18-12-15(3)13-19(27)25(18)32-4/h5-14,22,29H,1-4H3/b23-21-. The van der Waals surface area contributed by atoms with E-state index < -0.39 is 23.5 Å². The van der Waals surface area contributed by atoms with Crippen LogP contribution in [0.25, 0.3) is 5.76 Å². The average molecular weight is 482 g/mol. The number of anilines is 1. The molecule has 1 aromatic heterocycles. The molecule has 1 atom stereocenters. The molecule has 2 heterocycles. The van der Waals surface area contributed by atoms with Gasteiger partial charge in [-0.3, -0.25) is 14.5 Å². The van der Waals surface area contributed by atoms with Gasteiger partial charge in [0.2, 0.25) is 0 Å². The van der Waals surface area contributed by atoms with Crippen LogP contribution in [-0.4, -0.2) is 30.0 Å². The van der Waals surface area contributed by atoms with E-state index in [2.05, 4.69) is 0 Å². The molecule has 0 bridgehead atoms. The molecule has 1 fully saturated rings. The molecular formula is C26H24ClNO6. The molecule has 4 rings (SSSR count). The van der Waals surface area contributed by atoms with Gasteiger partial charge in [0, 0.05) is 5.69 Å². The van der Waals surface area contributed by atoms with E-state index in [0.717, 1.165) is 5.56 Å². The summed E-state index contributed by atoms with van der Waals surface area (Å²) >= 11 is 6.31. The van der Waals surface area contributed by atoms with Gasteiger partial charge < -0.3 is 19.0 Å². The molecule has 0 aliphatic carbocycles. The topological polar surface area (TPSA) is 89.2 Å². The normalized spacial score (nSPS) is 17.5. The second-order valence-electron chi connectivity index (χ2n) is 8.17. The fraction of sp³-hybridized carbons (Fsp3) is 0.231. The lowest BCUT2D eigenvalue weighted by Gasteiger charge is -2.24. The number of aliphatic hydroxyl groups excluding tert-OH is 1. The maximum absolute atomic E-state index is 13.2. The lowest BCUT2D eigenvalue weighted by Crippen LogP contribution is -2.29. The molecule has 1 amide bonds. The summed E-state index contributed by atoms with van der Waals surface area (Å²) in [5.74, 6) is -0.891. The summed E-state index contributed by atoms with van der Waals surface area (Å²) in [6, 6.07) is 12.4. The zero-order valence-electron chi connectivity index (χ0n) is 19.2. The van der Waals surface area contributed by atoms with Crippen molar-refractivity contribution in [1.29, 1.82) is 0 Å². The fourth-order valence-corrected chi connectivity index (χ4v) is 4.38. The smallest absolute Gasteiger partial charge is 0.300 e. The number of hydrogen-bond donors (Lipinski definition) is 1. The van der Waals surface area contributed by atoms with E-state index in [0.29, 0.717) is 17.2 Å². The van der Waals surface area contributed by atoms with Crippen molar-refractivity contribution in [3.05, 3.63) is 82.3 Å². The maximum Gasteiger partial charge on any atom is 0.300 e. The molecule has 1 unspecified atom stereocenters. The number of Topliss-reactive ketones (excluding diaryl/α,β-unsaturated/α-hetero) is 1. The number of hydrogen-bond acceptors (Lipinski definition) is 6.